The van der Waals surface area contributed by atoms with E-state index in [0.717, 1.165) is 16.7 Å². The number of carbonyl (C=O) groups excluding carboxylic acids is 1. The maximum atomic E-state index is 12.5. The fourth-order valence-electron chi connectivity index (χ4n) is 3.29. The van der Waals surface area contributed by atoms with Gasteiger partial charge in [-0.25, -0.2) is 4.79 Å². The third-order valence-corrected chi connectivity index (χ3v) is 6.66. The lowest BCUT2D eigenvalue weighted by atomic mass is 9.86. The summed E-state index contributed by atoms with van der Waals surface area (Å²) < 4.78 is 29.6. The molecule has 2 N–H and O–H groups in total. The molecule has 1 amide bonds. The summed E-state index contributed by atoms with van der Waals surface area (Å²) in [7, 11) is -4.17. The van der Waals surface area contributed by atoms with Crippen molar-refractivity contribution in [3.05, 3.63) is 64.2 Å². The molecule has 1 fully saturated rings. The fourth-order valence-corrected chi connectivity index (χ4v) is 4.26. The van der Waals surface area contributed by atoms with E-state index in [1.54, 1.807) is 18.2 Å². The number of likely N-dealkylation sites (tertiary alicyclic amines) is 1. The van der Waals surface area contributed by atoms with E-state index in [0.29, 0.717) is 18.0 Å². The van der Waals surface area contributed by atoms with Gasteiger partial charge in [-0.2, -0.15) is 8.42 Å². The average molecular weight is 423 g/mol. The van der Waals surface area contributed by atoms with Crippen LogP contribution >= 0.6 is 11.6 Å². The van der Waals surface area contributed by atoms with Crippen LogP contribution in [0.3, 0.4) is 0 Å². The van der Waals surface area contributed by atoms with Crippen LogP contribution < -0.4 is 5.73 Å². The number of rotatable bonds is 3. The van der Waals surface area contributed by atoms with Gasteiger partial charge in [-0.1, -0.05) is 41.4 Å². The molecule has 2 aromatic carbocycles. The Bertz CT molecular complexity index is 976. The first-order valence-electron chi connectivity index (χ1n) is 8.99. The Hall–Kier alpha value is -2.09. The summed E-state index contributed by atoms with van der Waals surface area (Å²) in [4.78, 5) is 13.9. The second kappa shape index (κ2) is 8.11. The number of nitrogens with zero attached hydrogens (tertiary/aromatic N) is 1. The van der Waals surface area contributed by atoms with Crippen molar-refractivity contribution in [3.8, 4) is 0 Å². The molecule has 1 saturated heterocycles. The smallest absolute Gasteiger partial charge is 0.327 e. The first-order chi connectivity index (χ1) is 13.2. The molecule has 1 aliphatic heterocycles. The predicted octanol–water partition coefficient (Wildman–Crippen LogP) is 3.60. The highest BCUT2D eigenvalue weighted by Crippen LogP contribution is 2.29. The quantitative estimate of drug-likeness (QED) is 0.763. The minimum absolute atomic E-state index is 0.0509. The third-order valence-electron chi connectivity index (χ3n) is 5.03. The number of aryl methyl sites for hydroxylation is 2. The molecule has 1 heterocycles. The van der Waals surface area contributed by atoms with E-state index in [1.807, 2.05) is 26.0 Å². The van der Waals surface area contributed by atoms with Gasteiger partial charge in [0.05, 0.1) is 0 Å². The first-order valence-corrected chi connectivity index (χ1v) is 10.8. The van der Waals surface area contributed by atoms with E-state index in [9.17, 15) is 13.2 Å². The van der Waals surface area contributed by atoms with Gasteiger partial charge in [0.1, 0.15) is 4.90 Å². The predicted molar refractivity (Wildman–Crippen MR) is 108 cm³/mol. The van der Waals surface area contributed by atoms with Crippen LogP contribution in [0.15, 0.2) is 47.4 Å². The second-order valence-corrected chi connectivity index (χ2v) is 9.08. The van der Waals surface area contributed by atoms with Gasteiger partial charge in [0.2, 0.25) is 0 Å². The zero-order chi connectivity index (χ0) is 20.5. The molecule has 8 heteroatoms. The monoisotopic (exact) mass is 422 g/mol. The number of benzene rings is 2. The van der Waals surface area contributed by atoms with Crippen molar-refractivity contribution in [2.75, 3.05) is 13.1 Å². The summed E-state index contributed by atoms with van der Waals surface area (Å²) in [5.41, 5.74) is 9.07. The largest absolute Gasteiger partial charge is 0.425 e. The zero-order valence-electron chi connectivity index (χ0n) is 15.8. The molecule has 0 unspecified atom stereocenters. The van der Waals surface area contributed by atoms with Crippen LogP contribution in [0.1, 0.15) is 29.0 Å². The molecule has 28 heavy (non-hydrogen) atoms. The summed E-state index contributed by atoms with van der Waals surface area (Å²) in [6.45, 7) is 4.37. The Morgan fingerprint density at radius 2 is 1.86 bits per heavy atom. The van der Waals surface area contributed by atoms with Crippen molar-refractivity contribution >= 4 is 27.8 Å². The number of hydrogen-bond donors (Lipinski definition) is 1. The molecular weight excluding hydrogens is 400 g/mol. The van der Waals surface area contributed by atoms with Crippen LogP contribution in [-0.2, 0) is 14.3 Å². The third kappa shape index (κ3) is 4.48. The van der Waals surface area contributed by atoms with Gasteiger partial charge in [-0.3, -0.25) is 0 Å². The molecule has 2 atom stereocenters. The Labute approximate surface area is 170 Å². The molecule has 6 nitrogen and oxygen atoms in total. The Morgan fingerprint density at radius 3 is 2.50 bits per heavy atom. The van der Waals surface area contributed by atoms with Gasteiger partial charge in [-0.05, 0) is 49.6 Å². The highest BCUT2D eigenvalue weighted by molar-refractivity contribution is 7.87. The van der Waals surface area contributed by atoms with Gasteiger partial charge in [0.15, 0.2) is 0 Å². The molecule has 3 rings (SSSR count). The van der Waals surface area contributed by atoms with Crippen molar-refractivity contribution in [3.63, 3.8) is 0 Å². The summed E-state index contributed by atoms with van der Waals surface area (Å²) >= 11 is 6.09. The Morgan fingerprint density at radius 1 is 1.18 bits per heavy atom. The molecule has 1 aliphatic rings. The summed E-state index contributed by atoms with van der Waals surface area (Å²) in [6, 6.07) is 11.6. The maximum absolute atomic E-state index is 12.5. The van der Waals surface area contributed by atoms with Crippen molar-refractivity contribution < 1.29 is 17.4 Å². The molecule has 0 saturated carbocycles. The molecule has 0 aromatic heterocycles. The number of carbonyl (C=O) groups is 1. The van der Waals surface area contributed by atoms with Crippen LogP contribution in [0.5, 0.6) is 0 Å². The lowest BCUT2D eigenvalue weighted by Gasteiger charge is -2.36. The van der Waals surface area contributed by atoms with Crippen LogP contribution in [0.2, 0.25) is 5.02 Å². The van der Waals surface area contributed by atoms with Crippen LogP contribution in [0, 0.1) is 13.8 Å². The van der Waals surface area contributed by atoms with E-state index < -0.39 is 16.2 Å². The van der Waals surface area contributed by atoms with Crippen LogP contribution in [0.25, 0.3) is 0 Å². The minimum atomic E-state index is -4.17. The average Bonchev–Trinajstić information content (AvgIpc) is 2.64. The summed E-state index contributed by atoms with van der Waals surface area (Å²) in [5.74, 6) is -0.126. The van der Waals surface area contributed by atoms with Gasteiger partial charge in [-0.15, -0.1) is 0 Å². The zero-order valence-corrected chi connectivity index (χ0v) is 17.3. The van der Waals surface area contributed by atoms with E-state index in [2.05, 4.69) is 0 Å². The van der Waals surface area contributed by atoms with Gasteiger partial charge < -0.3 is 14.8 Å². The Balaban J connectivity index is 1.75. The highest BCUT2D eigenvalue weighted by atomic mass is 35.5. The van der Waals surface area contributed by atoms with E-state index in [1.165, 1.54) is 17.0 Å². The van der Waals surface area contributed by atoms with Gasteiger partial charge in [0, 0.05) is 30.1 Å². The number of amides is 1. The number of piperidine rings is 1. The van der Waals surface area contributed by atoms with Gasteiger partial charge >= 0.3 is 16.2 Å². The summed E-state index contributed by atoms with van der Waals surface area (Å²) in [5, 5.41) is 0.661. The second-order valence-electron chi connectivity index (χ2n) is 7.13. The standard InChI is InChI=1S/C20H23ClN2O4S/c1-13-3-6-16(7-4-13)28(25,26)27-20(24)23-10-9-19(22)17(12-23)15-5-8-18(21)14(2)11-15/h3-8,11,17,19H,9-10,12,22H2,1-2H3/t17-,19+/m0/s1. The number of halogens is 1. The molecule has 0 aliphatic carbocycles. The number of nitrogens with two attached hydrogens (primary N) is 1. The summed E-state index contributed by atoms with van der Waals surface area (Å²) in [6.07, 6.45) is -0.338. The van der Waals surface area contributed by atoms with Crippen LogP contribution in [0.4, 0.5) is 4.79 Å². The highest BCUT2D eigenvalue weighted by Gasteiger charge is 2.33. The van der Waals surface area contributed by atoms with Crippen molar-refractivity contribution in [1.82, 2.24) is 4.90 Å². The SMILES string of the molecule is Cc1ccc(S(=O)(=O)OC(=O)N2CC[C@@H](N)[C@H](c3ccc(Cl)c(C)c3)C2)cc1. The van der Waals surface area contributed by atoms with Gasteiger partial charge in [0.25, 0.3) is 0 Å². The van der Waals surface area contributed by atoms with E-state index >= 15 is 0 Å². The lowest BCUT2D eigenvalue weighted by Crippen LogP contribution is -2.48. The van der Waals surface area contributed by atoms with E-state index in [4.69, 9.17) is 21.5 Å². The minimum Gasteiger partial charge on any atom is -0.327 e. The van der Waals surface area contributed by atoms with E-state index in [-0.39, 0.29) is 23.4 Å². The molecule has 0 radical (unpaired) electrons. The molecular formula is C20H23ClN2O4S. The molecule has 150 valence electrons. The van der Waals surface area contributed by atoms with Crippen molar-refractivity contribution in [2.45, 2.75) is 37.1 Å². The number of hydrogen-bond acceptors (Lipinski definition) is 5. The molecule has 2 aromatic rings. The normalized spacial score (nSPS) is 20.1. The van der Waals surface area contributed by atoms with Crippen molar-refractivity contribution in [1.29, 1.82) is 0 Å². The maximum Gasteiger partial charge on any atom is 0.425 e. The van der Waals surface area contributed by atoms with Crippen LogP contribution in [-0.4, -0.2) is 38.5 Å². The fraction of sp³-hybridized carbons (Fsp3) is 0.350. The Kier molecular flexibility index (Phi) is 5.98. The molecule has 0 bridgehead atoms. The topological polar surface area (TPSA) is 89.7 Å². The van der Waals surface area contributed by atoms with Crippen molar-refractivity contribution in [2.24, 2.45) is 5.73 Å². The molecule has 0 spiro atoms. The lowest BCUT2D eigenvalue weighted by molar-refractivity contribution is 0.134. The first kappa shape index (κ1) is 20.6.